The molecule has 0 amide bonds. The number of pyridine rings is 1. The summed E-state index contributed by atoms with van der Waals surface area (Å²) in [4.78, 5) is 15.1. The average Bonchev–Trinajstić information content (AvgIpc) is 2.04. The third-order valence-corrected chi connectivity index (χ3v) is 2.16. The highest BCUT2D eigenvalue weighted by Crippen LogP contribution is 2.05. The summed E-state index contributed by atoms with van der Waals surface area (Å²) in [6.45, 7) is 0. The van der Waals surface area contributed by atoms with Gasteiger partial charge in [-0.2, -0.15) is 11.8 Å². The standard InChI is InChI=1S/C9H12N2OS/c1-13-6-8(12)4-7-2-3-11-9(10)5-7/h2-3,5H,4,6H2,1H3,(H2,10,11). The maximum atomic E-state index is 11.2. The molecule has 4 heteroatoms. The quantitative estimate of drug-likeness (QED) is 0.784. The summed E-state index contributed by atoms with van der Waals surface area (Å²) in [7, 11) is 0. The Morgan fingerprint density at radius 1 is 1.69 bits per heavy atom. The number of ketones is 1. The Hall–Kier alpha value is -1.03. The van der Waals surface area contributed by atoms with E-state index in [1.54, 1.807) is 12.3 Å². The maximum absolute atomic E-state index is 11.2. The summed E-state index contributed by atoms with van der Waals surface area (Å²) >= 11 is 1.54. The number of thioether (sulfide) groups is 1. The first-order valence-electron chi connectivity index (χ1n) is 3.93. The van der Waals surface area contributed by atoms with Crippen molar-refractivity contribution >= 4 is 23.4 Å². The van der Waals surface area contributed by atoms with Gasteiger partial charge in [-0.1, -0.05) is 0 Å². The predicted molar refractivity (Wildman–Crippen MR) is 55.7 cm³/mol. The van der Waals surface area contributed by atoms with Gasteiger partial charge in [0, 0.05) is 12.6 Å². The van der Waals surface area contributed by atoms with Crippen molar-refractivity contribution in [2.75, 3.05) is 17.7 Å². The van der Waals surface area contributed by atoms with Gasteiger partial charge in [-0.15, -0.1) is 0 Å². The molecule has 0 aliphatic heterocycles. The number of hydrogen-bond acceptors (Lipinski definition) is 4. The van der Waals surface area contributed by atoms with Gasteiger partial charge in [-0.25, -0.2) is 4.98 Å². The molecule has 0 fully saturated rings. The van der Waals surface area contributed by atoms with Crippen molar-refractivity contribution in [3.63, 3.8) is 0 Å². The molecular weight excluding hydrogens is 184 g/mol. The fraction of sp³-hybridized carbons (Fsp3) is 0.333. The van der Waals surface area contributed by atoms with Crippen molar-refractivity contribution in [3.05, 3.63) is 23.9 Å². The lowest BCUT2D eigenvalue weighted by atomic mass is 10.1. The number of carbonyl (C=O) groups is 1. The van der Waals surface area contributed by atoms with E-state index in [2.05, 4.69) is 4.98 Å². The van der Waals surface area contributed by atoms with Gasteiger partial charge in [0.2, 0.25) is 0 Å². The summed E-state index contributed by atoms with van der Waals surface area (Å²) in [5, 5.41) is 0. The lowest BCUT2D eigenvalue weighted by Crippen LogP contribution is -2.05. The fourth-order valence-electron chi connectivity index (χ4n) is 1.04. The van der Waals surface area contributed by atoms with Crippen LogP contribution in [0, 0.1) is 0 Å². The summed E-state index contributed by atoms with van der Waals surface area (Å²) in [6.07, 6.45) is 3.99. The van der Waals surface area contributed by atoms with Crippen LogP contribution in [0.4, 0.5) is 5.82 Å². The van der Waals surface area contributed by atoms with E-state index in [0.717, 1.165) is 5.56 Å². The van der Waals surface area contributed by atoms with E-state index in [1.807, 2.05) is 12.3 Å². The molecule has 0 unspecified atom stereocenters. The molecule has 1 heterocycles. The van der Waals surface area contributed by atoms with Crippen LogP contribution in [0.2, 0.25) is 0 Å². The van der Waals surface area contributed by atoms with E-state index < -0.39 is 0 Å². The van der Waals surface area contributed by atoms with Gasteiger partial charge in [-0.3, -0.25) is 4.79 Å². The van der Waals surface area contributed by atoms with Crippen LogP contribution in [0.5, 0.6) is 0 Å². The fourth-order valence-corrected chi connectivity index (χ4v) is 1.47. The van der Waals surface area contributed by atoms with Crippen molar-refractivity contribution in [2.24, 2.45) is 0 Å². The number of Topliss-reactive ketones (excluding diaryl/α,β-unsaturated/α-hetero) is 1. The van der Waals surface area contributed by atoms with Crippen molar-refractivity contribution < 1.29 is 4.79 Å². The SMILES string of the molecule is CSCC(=O)Cc1ccnc(N)c1. The van der Waals surface area contributed by atoms with E-state index >= 15 is 0 Å². The minimum Gasteiger partial charge on any atom is -0.384 e. The van der Waals surface area contributed by atoms with Gasteiger partial charge in [0.15, 0.2) is 0 Å². The molecule has 0 radical (unpaired) electrons. The van der Waals surface area contributed by atoms with Crippen molar-refractivity contribution in [1.29, 1.82) is 0 Å². The highest BCUT2D eigenvalue weighted by atomic mass is 32.2. The second-order valence-electron chi connectivity index (χ2n) is 2.74. The third-order valence-electron chi connectivity index (χ3n) is 1.55. The van der Waals surface area contributed by atoms with E-state index in [1.165, 1.54) is 11.8 Å². The lowest BCUT2D eigenvalue weighted by molar-refractivity contribution is -0.115. The molecule has 1 aromatic heterocycles. The predicted octanol–water partition coefficient (Wildman–Crippen LogP) is 1.14. The Morgan fingerprint density at radius 3 is 3.08 bits per heavy atom. The number of carbonyl (C=O) groups excluding carboxylic acids is 1. The van der Waals surface area contributed by atoms with Crippen molar-refractivity contribution in [3.8, 4) is 0 Å². The van der Waals surface area contributed by atoms with Crippen LogP contribution < -0.4 is 5.73 Å². The number of nitrogens with two attached hydrogens (primary N) is 1. The number of nitrogens with zero attached hydrogens (tertiary/aromatic N) is 1. The molecule has 0 atom stereocenters. The molecule has 0 saturated carbocycles. The molecule has 0 spiro atoms. The number of nitrogen functional groups attached to an aromatic ring is 1. The summed E-state index contributed by atoms with van der Waals surface area (Å²) < 4.78 is 0. The van der Waals surface area contributed by atoms with E-state index in [9.17, 15) is 4.79 Å². The van der Waals surface area contributed by atoms with Crippen LogP contribution in [-0.4, -0.2) is 22.8 Å². The highest BCUT2D eigenvalue weighted by Gasteiger charge is 2.02. The van der Waals surface area contributed by atoms with Crippen LogP contribution in [0.15, 0.2) is 18.3 Å². The highest BCUT2D eigenvalue weighted by molar-refractivity contribution is 7.99. The van der Waals surface area contributed by atoms with Gasteiger partial charge in [0.25, 0.3) is 0 Å². The van der Waals surface area contributed by atoms with Gasteiger partial charge in [0.05, 0.1) is 5.75 Å². The number of aromatic nitrogens is 1. The molecule has 0 aromatic carbocycles. The minimum atomic E-state index is 0.220. The monoisotopic (exact) mass is 196 g/mol. The lowest BCUT2D eigenvalue weighted by Gasteiger charge is -1.99. The van der Waals surface area contributed by atoms with Crippen molar-refractivity contribution in [1.82, 2.24) is 4.98 Å². The Morgan fingerprint density at radius 2 is 2.46 bits per heavy atom. The zero-order valence-electron chi connectivity index (χ0n) is 7.49. The molecule has 0 saturated heterocycles. The zero-order chi connectivity index (χ0) is 9.68. The number of hydrogen-bond donors (Lipinski definition) is 1. The molecule has 1 rings (SSSR count). The second kappa shape index (κ2) is 4.87. The molecular formula is C9H12N2OS. The largest absolute Gasteiger partial charge is 0.384 e. The molecule has 0 aliphatic rings. The molecule has 70 valence electrons. The summed E-state index contributed by atoms with van der Waals surface area (Å²) in [6, 6.07) is 3.55. The smallest absolute Gasteiger partial charge is 0.147 e. The molecule has 0 bridgehead atoms. The zero-order valence-corrected chi connectivity index (χ0v) is 8.30. The van der Waals surface area contributed by atoms with E-state index in [0.29, 0.717) is 18.0 Å². The molecule has 13 heavy (non-hydrogen) atoms. The van der Waals surface area contributed by atoms with Gasteiger partial charge in [0.1, 0.15) is 11.6 Å². The molecule has 3 nitrogen and oxygen atoms in total. The maximum Gasteiger partial charge on any atom is 0.147 e. The van der Waals surface area contributed by atoms with Crippen LogP contribution in [0.3, 0.4) is 0 Å². The summed E-state index contributed by atoms with van der Waals surface area (Å²) in [5.74, 6) is 1.25. The molecule has 2 N–H and O–H groups in total. The van der Waals surface area contributed by atoms with E-state index in [4.69, 9.17) is 5.73 Å². The molecule has 0 aliphatic carbocycles. The number of anilines is 1. The second-order valence-corrected chi connectivity index (χ2v) is 3.60. The Balaban J connectivity index is 2.58. The van der Waals surface area contributed by atoms with Gasteiger partial charge < -0.3 is 5.73 Å². The normalized spacial score (nSPS) is 9.92. The average molecular weight is 196 g/mol. The van der Waals surface area contributed by atoms with Gasteiger partial charge >= 0.3 is 0 Å². The van der Waals surface area contributed by atoms with Crippen LogP contribution in [0.1, 0.15) is 5.56 Å². The first kappa shape index (κ1) is 10.1. The van der Waals surface area contributed by atoms with Crippen LogP contribution in [-0.2, 0) is 11.2 Å². The van der Waals surface area contributed by atoms with E-state index in [-0.39, 0.29) is 5.78 Å². The van der Waals surface area contributed by atoms with Crippen LogP contribution in [0.25, 0.3) is 0 Å². The topological polar surface area (TPSA) is 56.0 Å². The minimum absolute atomic E-state index is 0.220. The Kier molecular flexibility index (Phi) is 3.76. The number of rotatable bonds is 4. The molecule has 1 aromatic rings. The van der Waals surface area contributed by atoms with Crippen LogP contribution >= 0.6 is 11.8 Å². The first-order chi connectivity index (χ1) is 6.22. The Bertz CT molecular complexity index is 301. The Labute approximate surface area is 81.7 Å². The van der Waals surface area contributed by atoms with Gasteiger partial charge in [-0.05, 0) is 24.0 Å². The van der Waals surface area contributed by atoms with Crippen molar-refractivity contribution in [2.45, 2.75) is 6.42 Å². The third kappa shape index (κ3) is 3.46. The summed E-state index contributed by atoms with van der Waals surface area (Å²) in [5.41, 5.74) is 6.42. The first-order valence-corrected chi connectivity index (χ1v) is 5.33.